The molecule has 2 aromatic carbocycles. The van der Waals surface area contributed by atoms with E-state index >= 15 is 0 Å². The summed E-state index contributed by atoms with van der Waals surface area (Å²) in [5.41, 5.74) is -1.40. The van der Waals surface area contributed by atoms with Crippen molar-refractivity contribution in [1.29, 1.82) is 0 Å². The molecule has 0 spiro atoms. The maximum Gasteiger partial charge on any atom is 1.00 e. The maximum atomic E-state index is 12.8. The molecule has 0 fully saturated rings. The molecule has 0 aliphatic heterocycles. The van der Waals surface area contributed by atoms with E-state index < -0.39 is 39.3 Å². The number of nitro groups is 1. The van der Waals surface area contributed by atoms with Gasteiger partial charge in [-0.25, -0.2) is 0 Å². The van der Waals surface area contributed by atoms with Crippen LogP contribution in [0.25, 0.3) is 0 Å². The molecule has 0 aliphatic rings. The van der Waals surface area contributed by atoms with Crippen LogP contribution in [0, 0.1) is 10.1 Å². The zero-order chi connectivity index (χ0) is 22.5. The van der Waals surface area contributed by atoms with Gasteiger partial charge in [0, 0.05) is 18.7 Å². The van der Waals surface area contributed by atoms with Gasteiger partial charge < -0.3 is 24.7 Å². The van der Waals surface area contributed by atoms with E-state index in [1.54, 1.807) is 0 Å². The Kier molecular flexibility index (Phi) is 10.3. The van der Waals surface area contributed by atoms with Crippen molar-refractivity contribution in [2.24, 2.45) is 0 Å². The fourth-order valence-corrected chi connectivity index (χ4v) is 2.80. The Hall–Kier alpha value is -1.76. The third-order valence-corrected chi connectivity index (χ3v) is 4.05. The van der Waals surface area contributed by atoms with E-state index in [1.165, 1.54) is 12.1 Å². The van der Waals surface area contributed by atoms with E-state index in [9.17, 15) is 33.2 Å². The Labute approximate surface area is 205 Å². The van der Waals surface area contributed by atoms with Gasteiger partial charge in [0.15, 0.2) is 5.75 Å². The third-order valence-electron chi connectivity index (χ3n) is 3.49. The van der Waals surface area contributed by atoms with Gasteiger partial charge in [0.05, 0.1) is 39.7 Å². The van der Waals surface area contributed by atoms with Crippen molar-refractivity contribution in [3.63, 3.8) is 0 Å². The Balaban J connectivity index is 0.00000480. The zero-order valence-electron chi connectivity index (χ0n) is 15.8. The molecule has 0 aromatic heterocycles. The summed E-state index contributed by atoms with van der Waals surface area (Å²) in [6.07, 6.45) is -4.66. The molecule has 0 bridgehead atoms. The molecule has 1 N–H and O–H groups in total. The first-order valence-electron chi connectivity index (χ1n) is 8.03. The van der Waals surface area contributed by atoms with Gasteiger partial charge in [-0.2, -0.15) is 13.2 Å². The Morgan fingerprint density at radius 2 is 1.77 bits per heavy atom. The van der Waals surface area contributed by atoms with Crippen LogP contribution in [0.2, 0.25) is 10.0 Å². The van der Waals surface area contributed by atoms with Crippen LogP contribution in [0.4, 0.5) is 24.5 Å². The number of nitrogens with zero attached hydrogens (tertiary/aromatic N) is 1. The number of nitrogens with one attached hydrogen (secondary N) is 1. The van der Waals surface area contributed by atoms with Crippen LogP contribution >= 0.6 is 23.2 Å². The van der Waals surface area contributed by atoms with Crippen molar-refractivity contribution in [3.05, 3.63) is 56.1 Å². The van der Waals surface area contributed by atoms with Crippen LogP contribution < -0.4 is 44.7 Å². The monoisotopic (exact) mass is 490 g/mol. The summed E-state index contributed by atoms with van der Waals surface area (Å²) >= 11 is 11.7. The number of carbonyl (C=O) groups is 1. The van der Waals surface area contributed by atoms with Crippen LogP contribution in [0.3, 0.4) is 0 Å². The number of ether oxygens (including phenoxy) is 2. The molecular formula is C17H12Cl2F3N2NaO6. The Morgan fingerprint density at radius 3 is 2.29 bits per heavy atom. The van der Waals surface area contributed by atoms with E-state index in [0.717, 1.165) is 6.07 Å². The van der Waals surface area contributed by atoms with Gasteiger partial charge in [0.2, 0.25) is 0 Å². The number of aliphatic carboxylic acids is 1. The summed E-state index contributed by atoms with van der Waals surface area (Å²) in [5.74, 6) is -1.67. The largest absolute Gasteiger partial charge is 1.00 e. The number of carbonyl (C=O) groups excluding carboxylic acids is 1. The molecule has 0 saturated carbocycles. The molecule has 14 heteroatoms. The number of carboxylic acids is 1. The van der Waals surface area contributed by atoms with Crippen molar-refractivity contribution in [2.75, 3.05) is 25.1 Å². The number of hydrogen-bond donors (Lipinski definition) is 1. The molecule has 2 rings (SSSR count). The summed E-state index contributed by atoms with van der Waals surface area (Å²) in [7, 11) is 0. The molecule has 8 nitrogen and oxygen atoms in total. The average Bonchev–Trinajstić information content (AvgIpc) is 2.63. The molecular weight excluding hydrogens is 479 g/mol. The first kappa shape index (κ1) is 27.3. The van der Waals surface area contributed by atoms with Crippen LogP contribution in [0.15, 0.2) is 30.3 Å². The molecule has 0 aliphatic carbocycles. The topological polar surface area (TPSA) is 114 Å². The fraction of sp³-hybridized carbons (Fsp3) is 0.235. The first-order chi connectivity index (χ1) is 14.0. The van der Waals surface area contributed by atoms with Crippen molar-refractivity contribution in [3.8, 4) is 11.5 Å². The van der Waals surface area contributed by atoms with Crippen LogP contribution in [0.1, 0.15) is 5.56 Å². The summed E-state index contributed by atoms with van der Waals surface area (Å²) in [5, 5.41) is 23.3. The predicted molar refractivity (Wildman–Crippen MR) is 99.0 cm³/mol. The quantitative estimate of drug-likeness (QED) is 0.240. The second-order valence-corrected chi connectivity index (χ2v) is 6.47. The van der Waals surface area contributed by atoms with Gasteiger partial charge in [0.25, 0.3) is 5.69 Å². The number of nitro benzene ring substituents is 1. The van der Waals surface area contributed by atoms with Crippen molar-refractivity contribution in [2.45, 2.75) is 6.18 Å². The van der Waals surface area contributed by atoms with Gasteiger partial charge in [-0.1, -0.05) is 23.2 Å². The van der Waals surface area contributed by atoms with Gasteiger partial charge >= 0.3 is 35.7 Å². The molecule has 0 saturated heterocycles. The Morgan fingerprint density at radius 1 is 1.16 bits per heavy atom. The molecule has 0 unspecified atom stereocenters. The van der Waals surface area contributed by atoms with Crippen molar-refractivity contribution in [1.82, 2.24) is 0 Å². The molecule has 31 heavy (non-hydrogen) atoms. The maximum absolute atomic E-state index is 12.8. The van der Waals surface area contributed by atoms with E-state index in [1.807, 2.05) is 0 Å². The SMILES string of the molecule is O=C([O-])COCCNc1cc(Oc2c(Cl)cc(C(F)(F)F)cc2Cl)ccc1[N+](=O)[O-].[Na+]. The standard InChI is InChI=1S/C17H13Cl2F3N2O6.Na/c18-11-5-9(17(20,21)22)6-12(19)16(11)30-10-1-2-14(24(27)28)13(7-10)23-3-4-29-8-15(25)26;/h1-2,5-7,23H,3-4,8H2,(H,25,26);/q;+1/p-1. The van der Waals surface area contributed by atoms with E-state index in [4.69, 9.17) is 32.7 Å². The molecule has 2 aromatic rings. The van der Waals surface area contributed by atoms with E-state index in [-0.39, 0.29) is 65.6 Å². The number of carboxylic acid groups (broad SMARTS) is 1. The number of halogens is 5. The minimum atomic E-state index is -4.66. The summed E-state index contributed by atoms with van der Waals surface area (Å²) in [6.45, 7) is -0.718. The minimum Gasteiger partial charge on any atom is -0.548 e. The van der Waals surface area contributed by atoms with Crippen LogP contribution in [-0.4, -0.2) is 30.7 Å². The number of alkyl halides is 3. The van der Waals surface area contributed by atoms with Gasteiger partial charge in [-0.15, -0.1) is 0 Å². The smallest absolute Gasteiger partial charge is 0.548 e. The van der Waals surface area contributed by atoms with E-state index in [0.29, 0.717) is 12.1 Å². The third kappa shape index (κ3) is 8.02. The van der Waals surface area contributed by atoms with Crippen LogP contribution in [0.5, 0.6) is 11.5 Å². The summed E-state index contributed by atoms with van der Waals surface area (Å²) in [6, 6.07) is 4.80. The molecule has 162 valence electrons. The van der Waals surface area contributed by atoms with Gasteiger partial charge in [-0.3, -0.25) is 10.1 Å². The number of benzene rings is 2. The normalized spacial score (nSPS) is 10.9. The molecule has 0 radical (unpaired) electrons. The van der Waals surface area contributed by atoms with Crippen LogP contribution in [-0.2, 0) is 15.7 Å². The van der Waals surface area contributed by atoms with Crippen molar-refractivity contribution < 1.29 is 67.0 Å². The zero-order valence-corrected chi connectivity index (χ0v) is 19.3. The second-order valence-electron chi connectivity index (χ2n) is 5.66. The minimum absolute atomic E-state index is 0. The van der Waals surface area contributed by atoms with E-state index in [2.05, 4.69) is 5.32 Å². The molecule has 0 amide bonds. The summed E-state index contributed by atoms with van der Waals surface area (Å²) in [4.78, 5) is 20.8. The number of anilines is 1. The molecule has 0 atom stereocenters. The predicted octanol–water partition coefficient (Wildman–Crippen LogP) is 0.895. The Bertz CT molecular complexity index is 939. The second kappa shape index (κ2) is 11.7. The number of hydrogen-bond acceptors (Lipinski definition) is 7. The summed E-state index contributed by atoms with van der Waals surface area (Å²) < 4.78 is 48.7. The van der Waals surface area contributed by atoms with Crippen molar-refractivity contribution >= 4 is 40.5 Å². The van der Waals surface area contributed by atoms with Gasteiger partial charge in [0.1, 0.15) is 11.4 Å². The number of rotatable bonds is 9. The molecule has 0 heterocycles. The van der Waals surface area contributed by atoms with Gasteiger partial charge in [-0.05, 0) is 18.2 Å². The average molecular weight is 491 g/mol. The fourth-order valence-electron chi connectivity index (χ4n) is 2.23. The first-order valence-corrected chi connectivity index (χ1v) is 8.78.